The van der Waals surface area contributed by atoms with Crippen molar-refractivity contribution in [2.24, 2.45) is 0 Å². The highest BCUT2D eigenvalue weighted by Gasteiger charge is 2.13. The van der Waals surface area contributed by atoms with Gasteiger partial charge in [-0.1, -0.05) is 84.9 Å². The van der Waals surface area contributed by atoms with Crippen LogP contribution < -0.4 is 0 Å². The minimum absolute atomic E-state index is 0.163. The summed E-state index contributed by atoms with van der Waals surface area (Å²) in [4.78, 5) is 13.8. The molecular formula is C35H20ClN3O. The summed E-state index contributed by atoms with van der Waals surface area (Å²) in [5.41, 5.74) is 5.90. The van der Waals surface area contributed by atoms with Crippen LogP contribution in [0.25, 0.3) is 77.4 Å². The van der Waals surface area contributed by atoms with E-state index in [1.165, 1.54) is 11.1 Å². The zero-order valence-corrected chi connectivity index (χ0v) is 21.9. The summed E-state index contributed by atoms with van der Waals surface area (Å²) in [6, 6.07) is 41.6. The van der Waals surface area contributed by atoms with Gasteiger partial charge in [-0.05, 0) is 80.7 Å². The summed E-state index contributed by atoms with van der Waals surface area (Å²) in [6.07, 6.45) is 0. The van der Waals surface area contributed by atoms with E-state index < -0.39 is 0 Å². The van der Waals surface area contributed by atoms with Crippen LogP contribution in [0.4, 0.5) is 0 Å². The van der Waals surface area contributed by atoms with Crippen molar-refractivity contribution in [2.75, 3.05) is 0 Å². The van der Waals surface area contributed by atoms with Crippen LogP contribution in [0.3, 0.4) is 0 Å². The maximum absolute atomic E-state index is 6.43. The van der Waals surface area contributed by atoms with E-state index in [1.807, 2.05) is 36.4 Å². The van der Waals surface area contributed by atoms with Crippen LogP contribution in [0.15, 0.2) is 126 Å². The number of para-hydroxylation sites is 1. The lowest BCUT2D eigenvalue weighted by Gasteiger charge is -2.08. The molecule has 6 aromatic carbocycles. The van der Waals surface area contributed by atoms with Crippen LogP contribution in [0, 0.1) is 0 Å². The number of aromatic nitrogens is 3. The molecule has 0 aliphatic carbocycles. The molecule has 0 radical (unpaired) electrons. The molecule has 2 aromatic heterocycles. The van der Waals surface area contributed by atoms with E-state index in [0.29, 0.717) is 11.6 Å². The van der Waals surface area contributed by atoms with Crippen LogP contribution in [-0.4, -0.2) is 15.0 Å². The van der Waals surface area contributed by atoms with Crippen molar-refractivity contribution < 1.29 is 4.42 Å². The van der Waals surface area contributed by atoms with E-state index in [1.54, 1.807) is 0 Å². The van der Waals surface area contributed by atoms with Crippen molar-refractivity contribution in [3.05, 3.63) is 127 Å². The molecular weight excluding hydrogens is 514 g/mol. The third-order valence-corrected chi connectivity index (χ3v) is 7.58. The van der Waals surface area contributed by atoms with Crippen LogP contribution in [0.1, 0.15) is 0 Å². The molecule has 0 atom stereocenters. The van der Waals surface area contributed by atoms with Crippen molar-refractivity contribution in [2.45, 2.75) is 0 Å². The molecule has 0 aliphatic rings. The van der Waals surface area contributed by atoms with Crippen molar-refractivity contribution >= 4 is 55.1 Å². The van der Waals surface area contributed by atoms with E-state index in [9.17, 15) is 0 Å². The Bertz CT molecular complexity index is 2240. The van der Waals surface area contributed by atoms with Crippen molar-refractivity contribution in [1.29, 1.82) is 0 Å². The number of hydrogen-bond donors (Lipinski definition) is 0. The zero-order chi connectivity index (χ0) is 26.6. The second-order valence-corrected chi connectivity index (χ2v) is 10.2. The third-order valence-electron chi connectivity index (χ3n) is 7.41. The molecule has 4 nitrogen and oxygen atoms in total. The lowest BCUT2D eigenvalue weighted by atomic mass is 10.00. The molecule has 0 spiro atoms. The van der Waals surface area contributed by atoms with Crippen molar-refractivity contribution in [3.63, 3.8) is 0 Å². The second kappa shape index (κ2) is 9.01. The highest BCUT2D eigenvalue weighted by Crippen LogP contribution is 2.34. The van der Waals surface area contributed by atoms with Gasteiger partial charge in [0.1, 0.15) is 11.2 Å². The van der Waals surface area contributed by atoms with E-state index in [0.717, 1.165) is 54.6 Å². The minimum Gasteiger partial charge on any atom is -0.456 e. The summed E-state index contributed by atoms with van der Waals surface area (Å²) >= 11 is 6.43. The molecule has 188 valence electrons. The number of fused-ring (bicyclic) bond motifs is 5. The molecule has 0 fully saturated rings. The smallest absolute Gasteiger partial charge is 0.226 e. The first kappa shape index (κ1) is 22.9. The number of nitrogens with zero attached hydrogens (tertiary/aromatic N) is 3. The fourth-order valence-corrected chi connectivity index (χ4v) is 5.57. The molecule has 0 saturated carbocycles. The average molecular weight is 534 g/mol. The number of halogens is 1. The first-order valence-electron chi connectivity index (χ1n) is 13.0. The number of furan rings is 1. The Balaban J connectivity index is 1.20. The van der Waals surface area contributed by atoms with Gasteiger partial charge in [-0.15, -0.1) is 0 Å². The maximum Gasteiger partial charge on any atom is 0.226 e. The molecule has 8 rings (SSSR count). The van der Waals surface area contributed by atoms with Crippen LogP contribution in [0.2, 0.25) is 5.28 Å². The molecule has 0 amide bonds. The van der Waals surface area contributed by atoms with Crippen molar-refractivity contribution in [1.82, 2.24) is 15.0 Å². The molecule has 5 heteroatoms. The SMILES string of the molecule is Clc1nc(-c2ccc3cc(-c4ccccc4)ccc3c2)nc(-c2ccc3cc4oc5ccccc5c4cc3c2)n1. The maximum atomic E-state index is 6.43. The monoisotopic (exact) mass is 533 g/mol. The molecule has 2 heterocycles. The highest BCUT2D eigenvalue weighted by molar-refractivity contribution is 6.28. The van der Waals surface area contributed by atoms with Gasteiger partial charge in [0, 0.05) is 21.9 Å². The summed E-state index contributed by atoms with van der Waals surface area (Å²) in [5.74, 6) is 1.08. The third kappa shape index (κ3) is 3.89. The van der Waals surface area contributed by atoms with Gasteiger partial charge < -0.3 is 4.42 Å². The number of benzene rings is 6. The Morgan fingerprint density at radius 3 is 1.77 bits per heavy atom. The van der Waals surface area contributed by atoms with Crippen LogP contribution in [0.5, 0.6) is 0 Å². The summed E-state index contributed by atoms with van der Waals surface area (Å²) in [5, 5.41) is 6.77. The van der Waals surface area contributed by atoms with E-state index in [-0.39, 0.29) is 5.28 Å². The largest absolute Gasteiger partial charge is 0.456 e. The Kier molecular flexibility index (Phi) is 5.15. The van der Waals surface area contributed by atoms with Gasteiger partial charge in [0.2, 0.25) is 5.28 Å². The van der Waals surface area contributed by atoms with Gasteiger partial charge in [-0.2, -0.15) is 9.97 Å². The molecule has 0 bridgehead atoms. The number of rotatable bonds is 3. The van der Waals surface area contributed by atoms with Crippen molar-refractivity contribution in [3.8, 4) is 33.9 Å². The summed E-state index contributed by atoms with van der Waals surface area (Å²) in [7, 11) is 0. The van der Waals surface area contributed by atoms with Gasteiger partial charge in [0.05, 0.1) is 0 Å². The summed E-state index contributed by atoms with van der Waals surface area (Å²) in [6.45, 7) is 0. The molecule has 0 aliphatic heterocycles. The Labute approximate surface area is 234 Å². The van der Waals surface area contributed by atoms with E-state index >= 15 is 0 Å². The fourth-order valence-electron chi connectivity index (χ4n) is 5.41. The fraction of sp³-hybridized carbons (Fsp3) is 0. The highest BCUT2D eigenvalue weighted by atomic mass is 35.5. The van der Waals surface area contributed by atoms with Gasteiger partial charge in [0.15, 0.2) is 11.6 Å². The minimum atomic E-state index is 0.163. The van der Waals surface area contributed by atoms with Crippen LogP contribution in [-0.2, 0) is 0 Å². The summed E-state index contributed by atoms with van der Waals surface area (Å²) < 4.78 is 6.06. The first-order chi connectivity index (χ1) is 19.7. The lowest BCUT2D eigenvalue weighted by molar-refractivity contribution is 0.669. The average Bonchev–Trinajstić information content (AvgIpc) is 3.36. The Hall–Kier alpha value is -5.06. The van der Waals surface area contributed by atoms with Gasteiger partial charge in [-0.25, -0.2) is 4.98 Å². The molecule has 0 unspecified atom stereocenters. The second-order valence-electron chi connectivity index (χ2n) is 9.90. The standard InChI is InChI=1S/C35H20ClN3O/c36-35-38-33(26-14-12-23-16-22(10-11-24(23)17-26)21-6-2-1-3-7-21)37-34(39-35)27-15-13-25-20-32-30(19-28(25)18-27)29-8-4-5-9-31(29)40-32/h1-20H. The molecule has 0 N–H and O–H groups in total. The predicted octanol–water partition coefficient (Wildman–Crippen LogP) is 9.73. The van der Waals surface area contributed by atoms with Crippen LogP contribution >= 0.6 is 11.6 Å². The van der Waals surface area contributed by atoms with E-state index in [4.69, 9.17) is 21.0 Å². The molecule has 8 aromatic rings. The van der Waals surface area contributed by atoms with Gasteiger partial charge in [-0.3, -0.25) is 0 Å². The predicted molar refractivity (Wildman–Crippen MR) is 163 cm³/mol. The normalized spacial score (nSPS) is 11.6. The lowest BCUT2D eigenvalue weighted by Crippen LogP contribution is -1.97. The van der Waals surface area contributed by atoms with Gasteiger partial charge in [0.25, 0.3) is 0 Å². The zero-order valence-electron chi connectivity index (χ0n) is 21.2. The molecule has 0 saturated heterocycles. The molecule has 40 heavy (non-hydrogen) atoms. The Morgan fingerprint density at radius 2 is 1.02 bits per heavy atom. The quantitative estimate of drug-likeness (QED) is 0.227. The number of hydrogen-bond acceptors (Lipinski definition) is 4. The topological polar surface area (TPSA) is 51.8 Å². The first-order valence-corrected chi connectivity index (χ1v) is 13.4. The van der Waals surface area contributed by atoms with Gasteiger partial charge >= 0.3 is 0 Å². The van der Waals surface area contributed by atoms with E-state index in [2.05, 4.69) is 94.9 Å². The Morgan fingerprint density at radius 1 is 0.425 bits per heavy atom.